The maximum atomic E-state index is 6.03. The van der Waals surface area contributed by atoms with Crippen molar-refractivity contribution in [2.45, 2.75) is 19.1 Å². The maximum absolute atomic E-state index is 6.03. The van der Waals surface area contributed by atoms with Crippen LogP contribution in [0, 0.1) is 0 Å². The molecule has 2 unspecified atom stereocenters. The van der Waals surface area contributed by atoms with Gasteiger partial charge in [0.25, 0.3) is 0 Å². The number of benzene rings is 2. The zero-order valence-electron chi connectivity index (χ0n) is 10.8. The molecular formula is C15H14BrCl2NO. The fourth-order valence-corrected chi connectivity index (χ4v) is 2.64. The molecule has 0 saturated carbocycles. The lowest BCUT2D eigenvalue weighted by Crippen LogP contribution is -2.29. The van der Waals surface area contributed by atoms with Gasteiger partial charge in [0.1, 0.15) is 11.9 Å². The van der Waals surface area contributed by atoms with E-state index in [0.29, 0.717) is 15.8 Å². The first kappa shape index (κ1) is 15.6. The SMILES string of the molecule is CC(N)C(Oc1cc(Cl)cc(Cl)c1)c1ccc(Br)cc1. The van der Waals surface area contributed by atoms with Crippen molar-refractivity contribution in [1.29, 1.82) is 0 Å². The van der Waals surface area contributed by atoms with E-state index in [2.05, 4.69) is 15.9 Å². The van der Waals surface area contributed by atoms with Gasteiger partial charge in [-0.05, 0) is 42.8 Å². The first-order valence-corrected chi connectivity index (χ1v) is 7.64. The molecule has 0 radical (unpaired) electrons. The normalized spacial score (nSPS) is 13.8. The minimum Gasteiger partial charge on any atom is -0.484 e. The molecule has 0 aliphatic rings. The van der Waals surface area contributed by atoms with Crippen molar-refractivity contribution in [3.05, 3.63) is 62.5 Å². The molecule has 106 valence electrons. The standard InChI is InChI=1S/C15H14BrCl2NO/c1-9(19)15(10-2-4-11(16)5-3-10)20-14-7-12(17)6-13(18)8-14/h2-9,15H,19H2,1H3. The van der Waals surface area contributed by atoms with Gasteiger partial charge < -0.3 is 10.5 Å². The summed E-state index contributed by atoms with van der Waals surface area (Å²) in [6.45, 7) is 1.90. The van der Waals surface area contributed by atoms with Crippen LogP contribution in [0.4, 0.5) is 0 Å². The molecule has 0 aliphatic heterocycles. The second-order valence-corrected chi connectivity index (χ2v) is 6.34. The van der Waals surface area contributed by atoms with Gasteiger partial charge in [0.05, 0.1) is 0 Å². The Morgan fingerprint density at radius 1 is 1.05 bits per heavy atom. The third-order valence-corrected chi connectivity index (χ3v) is 3.74. The number of ether oxygens (including phenoxy) is 1. The molecule has 0 spiro atoms. The van der Waals surface area contributed by atoms with Crippen LogP contribution in [0.15, 0.2) is 46.9 Å². The zero-order chi connectivity index (χ0) is 14.7. The Hall–Kier alpha value is -0.740. The number of rotatable bonds is 4. The van der Waals surface area contributed by atoms with E-state index >= 15 is 0 Å². The monoisotopic (exact) mass is 373 g/mol. The smallest absolute Gasteiger partial charge is 0.138 e. The van der Waals surface area contributed by atoms with Crippen LogP contribution in [0.25, 0.3) is 0 Å². The minimum atomic E-state index is -0.266. The fraction of sp³-hybridized carbons (Fsp3) is 0.200. The Labute approximate surface area is 137 Å². The molecule has 2 aromatic rings. The van der Waals surface area contributed by atoms with Crippen molar-refractivity contribution >= 4 is 39.1 Å². The highest BCUT2D eigenvalue weighted by Gasteiger charge is 2.18. The van der Waals surface area contributed by atoms with Crippen LogP contribution in [0.2, 0.25) is 10.0 Å². The highest BCUT2D eigenvalue weighted by atomic mass is 79.9. The Balaban J connectivity index is 2.27. The van der Waals surface area contributed by atoms with Crippen LogP contribution < -0.4 is 10.5 Å². The maximum Gasteiger partial charge on any atom is 0.138 e. The summed E-state index contributed by atoms with van der Waals surface area (Å²) in [6.07, 6.45) is -0.266. The molecule has 0 aliphatic carbocycles. The molecule has 2 nitrogen and oxygen atoms in total. The lowest BCUT2D eigenvalue weighted by molar-refractivity contribution is 0.180. The number of halogens is 3. The summed E-state index contributed by atoms with van der Waals surface area (Å²) in [5.41, 5.74) is 7.03. The van der Waals surface area contributed by atoms with Gasteiger partial charge in [-0.15, -0.1) is 0 Å². The number of hydrogen-bond acceptors (Lipinski definition) is 2. The molecule has 0 heterocycles. The highest BCUT2D eigenvalue weighted by Crippen LogP contribution is 2.29. The Morgan fingerprint density at radius 2 is 1.60 bits per heavy atom. The van der Waals surface area contributed by atoms with Crippen LogP contribution in [0.5, 0.6) is 5.75 Å². The van der Waals surface area contributed by atoms with Crippen molar-refractivity contribution in [2.24, 2.45) is 5.73 Å². The van der Waals surface area contributed by atoms with Crippen LogP contribution in [0.3, 0.4) is 0 Å². The average Bonchev–Trinajstić information content (AvgIpc) is 2.36. The van der Waals surface area contributed by atoms with Gasteiger partial charge in [0.2, 0.25) is 0 Å². The summed E-state index contributed by atoms with van der Waals surface area (Å²) in [7, 11) is 0. The van der Waals surface area contributed by atoms with E-state index in [0.717, 1.165) is 10.0 Å². The van der Waals surface area contributed by atoms with Crippen LogP contribution in [-0.2, 0) is 0 Å². The molecule has 2 rings (SSSR count). The third kappa shape index (κ3) is 4.13. The molecular weight excluding hydrogens is 361 g/mol. The van der Waals surface area contributed by atoms with Gasteiger partial charge in [-0.3, -0.25) is 0 Å². The van der Waals surface area contributed by atoms with E-state index in [1.165, 1.54) is 0 Å². The van der Waals surface area contributed by atoms with Gasteiger partial charge in [-0.2, -0.15) is 0 Å². The van der Waals surface area contributed by atoms with Gasteiger partial charge in [0, 0.05) is 20.6 Å². The molecule has 0 saturated heterocycles. The van der Waals surface area contributed by atoms with Crippen molar-refractivity contribution in [1.82, 2.24) is 0 Å². The first-order chi connectivity index (χ1) is 9.45. The van der Waals surface area contributed by atoms with Crippen LogP contribution >= 0.6 is 39.1 Å². The van der Waals surface area contributed by atoms with E-state index in [1.54, 1.807) is 18.2 Å². The van der Waals surface area contributed by atoms with E-state index < -0.39 is 0 Å². The third-order valence-electron chi connectivity index (χ3n) is 2.78. The molecule has 0 aromatic heterocycles. The quantitative estimate of drug-likeness (QED) is 0.795. The second kappa shape index (κ2) is 6.81. The molecule has 2 N–H and O–H groups in total. The van der Waals surface area contributed by atoms with Crippen molar-refractivity contribution in [3.63, 3.8) is 0 Å². The first-order valence-electron chi connectivity index (χ1n) is 6.09. The lowest BCUT2D eigenvalue weighted by atomic mass is 10.0. The largest absolute Gasteiger partial charge is 0.484 e. The summed E-state index contributed by atoms with van der Waals surface area (Å²) in [4.78, 5) is 0. The predicted octanol–water partition coefficient (Wildman–Crippen LogP) is 5.22. The van der Waals surface area contributed by atoms with Crippen molar-refractivity contribution in [3.8, 4) is 5.75 Å². The highest BCUT2D eigenvalue weighted by molar-refractivity contribution is 9.10. The summed E-state index contributed by atoms with van der Waals surface area (Å²) < 4.78 is 6.96. The molecule has 0 amide bonds. The Kier molecular flexibility index (Phi) is 5.33. The number of nitrogens with two attached hydrogens (primary N) is 1. The van der Waals surface area contributed by atoms with Crippen LogP contribution in [0.1, 0.15) is 18.6 Å². The Bertz CT molecular complexity index is 567. The van der Waals surface area contributed by atoms with E-state index in [-0.39, 0.29) is 12.1 Å². The van der Waals surface area contributed by atoms with Gasteiger partial charge in [-0.25, -0.2) is 0 Å². The van der Waals surface area contributed by atoms with Gasteiger partial charge >= 0.3 is 0 Å². The van der Waals surface area contributed by atoms with Crippen molar-refractivity contribution < 1.29 is 4.74 Å². The number of hydrogen-bond donors (Lipinski definition) is 1. The summed E-state index contributed by atoms with van der Waals surface area (Å²) in [6, 6.07) is 12.8. The molecule has 2 aromatic carbocycles. The molecule has 5 heteroatoms. The van der Waals surface area contributed by atoms with E-state index in [9.17, 15) is 0 Å². The second-order valence-electron chi connectivity index (χ2n) is 4.55. The summed E-state index contributed by atoms with van der Waals surface area (Å²) >= 11 is 15.4. The molecule has 20 heavy (non-hydrogen) atoms. The van der Waals surface area contributed by atoms with Gasteiger partial charge in [-0.1, -0.05) is 51.3 Å². The predicted molar refractivity (Wildman–Crippen MR) is 87.6 cm³/mol. The van der Waals surface area contributed by atoms with E-state index in [4.69, 9.17) is 33.7 Å². The zero-order valence-corrected chi connectivity index (χ0v) is 13.9. The lowest BCUT2D eigenvalue weighted by Gasteiger charge is -2.23. The van der Waals surface area contributed by atoms with Gasteiger partial charge in [0.15, 0.2) is 0 Å². The molecule has 0 fully saturated rings. The summed E-state index contributed by atoms with van der Waals surface area (Å²) in [5.74, 6) is 0.604. The topological polar surface area (TPSA) is 35.2 Å². The van der Waals surface area contributed by atoms with Crippen LogP contribution in [-0.4, -0.2) is 6.04 Å². The fourth-order valence-electron chi connectivity index (χ4n) is 1.87. The average molecular weight is 375 g/mol. The minimum absolute atomic E-state index is 0.172. The van der Waals surface area contributed by atoms with Crippen molar-refractivity contribution in [2.75, 3.05) is 0 Å². The molecule has 0 bridgehead atoms. The van der Waals surface area contributed by atoms with E-state index in [1.807, 2.05) is 31.2 Å². The Morgan fingerprint density at radius 3 is 2.10 bits per heavy atom. The summed E-state index contributed by atoms with van der Waals surface area (Å²) in [5, 5.41) is 1.07. The molecule has 2 atom stereocenters.